The van der Waals surface area contributed by atoms with Gasteiger partial charge >= 0.3 is 6.09 Å². The molecule has 6 heteroatoms. The van der Waals surface area contributed by atoms with E-state index in [0.29, 0.717) is 6.54 Å². The number of carbonyl (C=O) groups is 1. The quantitative estimate of drug-likeness (QED) is 0.636. The van der Waals surface area contributed by atoms with Crippen LogP contribution in [0.1, 0.15) is 0 Å². The molecular weight excluding hydrogens is 256 g/mol. The first-order chi connectivity index (χ1) is 8.26. The summed E-state index contributed by atoms with van der Waals surface area (Å²) >= 11 is 0. The molecular formula is C11H14N2O2S2. The Morgan fingerprint density at radius 1 is 1.71 bits per heavy atom. The van der Waals surface area contributed by atoms with Gasteiger partial charge in [0.2, 0.25) is 0 Å². The highest BCUT2D eigenvalue weighted by Gasteiger charge is 2.08. The highest BCUT2D eigenvalue weighted by atomic mass is 33.1. The van der Waals surface area contributed by atoms with Crippen molar-refractivity contribution < 1.29 is 9.53 Å². The van der Waals surface area contributed by atoms with Crippen molar-refractivity contribution in [3.63, 3.8) is 0 Å². The van der Waals surface area contributed by atoms with Gasteiger partial charge in [-0.3, -0.25) is 0 Å². The molecule has 1 unspecified atom stereocenters. The second-order valence-electron chi connectivity index (χ2n) is 2.99. The predicted molar refractivity (Wildman–Crippen MR) is 72.1 cm³/mol. The number of hydrogen-bond acceptors (Lipinski definition) is 5. The van der Waals surface area contributed by atoms with Crippen LogP contribution in [0.2, 0.25) is 0 Å². The summed E-state index contributed by atoms with van der Waals surface area (Å²) in [7, 11) is 4.49. The number of pyridine rings is 1. The van der Waals surface area contributed by atoms with E-state index in [9.17, 15) is 4.79 Å². The summed E-state index contributed by atoms with van der Waals surface area (Å²) in [6.45, 7) is 4.22. The van der Waals surface area contributed by atoms with Crippen LogP contribution in [0.4, 0.5) is 4.79 Å². The Morgan fingerprint density at radius 3 is 3.12 bits per heavy atom. The van der Waals surface area contributed by atoms with Crippen LogP contribution in [0.15, 0.2) is 42.1 Å². The van der Waals surface area contributed by atoms with Gasteiger partial charge in [-0.15, -0.1) is 6.58 Å². The third kappa shape index (κ3) is 5.65. The molecule has 1 N–H and O–H groups in total. The van der Waals surface area contributed by atoms with Gasteiger partial charge in [0.25, 0.3) is 0 Å². The lowest BCUT2D eigenvalue weighted by Gasteiger charge is -2.11. The van der Waals surface area contributed by atoms with Crippen LogP contribution in [0, 0.1) is 0 Å². The van der Waals surface area contributed by atoms with Gasteiger partial charge < -0.3 is 10.1 Å². The molecule has 0 radical (unpaired) electrons. The maximum absolute atomic E-state index is 10.9. The van der Waals surface area contributed by atoms with Crippen molar-refractivity contribution in [1.82, 2.24) is 10.3 Å². The van der Waals surface area contributed by atoms with E-state index < -0.39 is 6.09 Å². The SMILES string of the molecule is C=CC(CNC(=O)OC)SSc1ccccn1. The lowest BCUT2D eigenvalue weighted by atomic mass is 10.4. The molecule has 1 aromatic heterocycles. The first-order valence-corrected chi connectivity index (χ1v) is 7.16. The molecule has 17 heavy (non-hydrogen) atoms. The van der Waals surface area contributed by atoms with Gasteiger partial charge in [0.1, 0.15) is 5.03 Å². The Hall–Kier alpha value is -1.14. The van der Waals surface area contributed by atoms with Crippen molar-refractivity contribution in [3.8, 4) is 0 Å². The molecule has 4 nitrogen and oxygen atoms in total. The van der Waals surface area contributed by atoms with Crippen LogP contribution < -0.4 is 5.32 Å². The third-order valence-electron chi connectivity index (χ3n) is 1.79. The topological polar surface area (TPSA) is 51.2 Å². The minimum Gasteiger partial charge on any atom is -0.453 e. The highest BCUT2D eigenvalue weighted by molar-refractivity contribution is 8.77. The predicted octanol–water partition coefficient (Wildman–Crippen LogP) is 2.73. The molecule has 0 saturated carbocycles. The Kier molecular flexibility index (Phi) is 6.57. The average Bonchev–Trinajstić information content (AvgIpc) is 2.39. The molecule has 1 aromatic rings. The van der Waals surface area contributed by atoms with Crippen LogP contribution >= 0.6 is 21.6 Å². The summed E-state index contributed by atoms with van der Waals surface area (Å²) in [5.41, 5.74) is 0. The fourth-order valence-electron chi connectivity index (χ4n) is 0.920. The molecule has 0 bridgehead atoms. The van der Waals surface area contributed by atoms with Crippen molar-refractivity contribution in [2.75, 3.05) is 13.7 Å². The maximum Gasteiger partial charge on any atom is 0.406 e. The number of carbonyl (C=O) groups excluding carboxylic acids is 1. The van der Waals surface area contributed by atoms with Crippen LogP contribution in [0.25, 0.3) is 0 Å². The van der Waals surface area contributed by atoms with E-state index >= 15 is 0 Å². The molecule has 0 saturated heterocycles. The van der Waals surface area contributed by atoms with Crippen LogP contribution in [0.3, 0.4) is 0 Å². The number of nitrogens with zero attached hydrogens (tertiary/aromatic N) is 1. The van der Waals surface area contributed by atoms with E-state index in [1.807, 2.05) is 18.2 Å². The lowest BCUT2D eigenvalue weighted by Crippen LogP contribution is -2.29. The molecule has 1 heterocycles. The molecule has 0 aliphatic heterocycles. The first kappa shape index (κ1) is 13.9. The number of amides is 1. The highest BCUT2D eigenvalue weighted by Crippen LogP contribution is 2.33. The van der Waals surface area contributed by atoms with Gasteiger partial charge in [-0.2, -0.15) is 0 Å². The molecule has 0 fully saturated rings. The average molecular weight is 270 g/mol. The minimum absolute atomic E-state index is 0.112. The number of nitrogens with one attached hydrogen (secondary N) is 1. The summed E-state index contributed by atoms with van der Waals surface area (Å²) in [4.78, 5) is 15.1. The summed E-state index contributed by atoms with van der Waals surface area (Å²) in [6, 6.07) is 5.75. The van der Waals surface area contributed by atoms with E-state index in [1.165, 1.54) is 7.11 Å². The summed E-state index contributed by atoms with van der Waals surface area (Å²) in [5, 5.41) is 3.68. The Balaban J connectivity index is 2.32. The monoisotopic (exact) mass is 270 g/mol. The van der Waals surface area contributed by atoms with Gasteiger partial charge in [-0.05, 0) is 22.9 Å². The van der Waals surface area contributed by atoms with Gasteiger partial charge in [-0.25, -0.2) is 9.78 Å². The van der Waals surface area contributed by atoms with Crippen molar-refractivity contribution in [2.45, 2.75) is 10.3 Å². The zero-order valence-electron chi connectivity index (χ0n) is 9.46. The second-order valence-corrected chi connectivity index (χ2v) is 5.45. The van der Waals surface area contributed by atoms with Crippen molar-refractivity contribution >= 4 is 27.7 Å². The Morgan fingerprint density at radius 2 is 2.53 bits per heavy atom. The van der Waals surface area contributed by atoms with E-state index in [4.69, 9.17) is 0 Å². The third-order valence-corrected chi connectivity index (χ3v) is 4.45. The van der Waals surface area contributed by atoms with E-state index in [2.05, 4.69) is 21.6 Å². The largest absolute Gasteiger partial charge is 0.453 e. The number of rotatable bonds is 6. The summed E-state index contributed by atoms with van der Waals surface area (Å²) < 4.78 is 4.50. The number of hydrogen-bond donors (Lipinski definition) is 1. The molecule has 0 spiro atoms. The van der Waals surface area contributed by atoms with E-state index in [-0.39, 0.29) is 5.25 Å². The molecule has 0 aliphatic carbocycles. The smallest absolute Gasteiger partial charge is 0.406 e. The minimum atomic E-state index is -0.430. The van der Waals surface area contributed by atoms with Crippen LogP contribution in [-0.2, 0) is 4.74 Å². The Labute approximate surface area is 109 Å². The fraction of sp³-hybridized carbons (Fsp3) is 0.273. The molecule has 1 atom stereocenters. The number of alkyl carbamates (subject to hydrolysis) is 1. The number of methoxy groups -OCH3 is 1. The zero-order chi connectivity index (χ0) is 12.5. The standard InChI is InChI=1S/C11H14N2O2S2/c1-3-9(8-13-11(14)15-2)16-17-10-6-4-5-7-12-10/h3-7,9H,1,8H2,2H3,(H,13,14). The molecule has 0 aromatic carbocycles. The normalized spacial score (nSPS) is 11.6. The fourth-order valence-corrected chi connectivity index (χ4v) is 3.01. The van der Waals surface area contributed by atoms with Gasteiger partial charge in [0.05, 0.1) is 12.4 Å². The van der Waals surface area contributed by atoms with E-state index in [1.54, 1.807) is 33.9 Å². The molecule has 92 valence electrons. The van der Waals surface area contributed by atoms with Crippen molar-refractivity contribution in [3.05, 3.63) is 37.1 Å². The number of ether oxygens (including phenoxy) is 1. The number of aromatic nitrogens is 1. The maximum atomic E-state index is 10.9. The Bertz CT molecular complexity index is 360. The zero-order valence-corrected chi connectivity index (χ0v) is 11.1. The van der Waals surface area contributed by atoms with Crippen LogP contribution in [-0.4, -0.2) is 30.0 Å². The molecule has 0 aliphatic rings. The van der Waals surface area contributed by atoms with Gasteiger partial charge in [0.15, 0.2) is 0 Å². The van der Waals surface area contributed by atoms with E-state index in [0.717, 1.165) is 5.03 Å². The first-order valence-electron chi connectivity index (χ1n) is 4.95. The second kappa shape index (κ2) is 8.03. The molecule has 1 amide bonds. The molecule has 1 rings (SSSR count). The van der Waals surface area contributed by atoms with Gasteiger partial charge in [0, 0.05) is 12.7 Å². The summed E-state index contributed by atoms with van der Waals surface area (Å²) in [5.74, 6) is 0. The van der Waals surface area contributed by atoms with Crippen LogP contribution in [0.5, 0.6) is 0 Å². The van der Waals surface area contributed by atoms with Crippen molar-refractivity contribution in [1.29, 1.82) is 0 Å². The lowest BCUT2D eigenvalue weighted by molar-refractivity contribution is 0.171. The van der Waals surface area contributed by atoms with Gasteiger partial charge in [-0.1, -0.05) is 22.9 Å². The summed E-state index contributed by atoms with van der Waals surface area (Å²) in [6.07, 6.45) is 3.11. The van der Waals surface area contributed by atoms with Crippen molar-refractivity contribution in [2.24, 2.45) is 0 Å².